The number of ether oxygens (including phenoxy) is 2. The van der Waals surface area contributed by atoms with Crippen molar-refractivity contribution in [3.8, 4) is 11.4 Å². The van der Waals surface area contributed by atoms with E-state index in [1.165, 1.54) is 44.2 Å². The van der Waals surface area contributed by atoms with E-state index in [4.69, 9.17) is 14.5 Å². The van der Waals surface area contributed by atoms with Crippen molar-refractivity contribution >= 4 is 64.2 Å². The average molecular weight is 953 g/mol. The predicted molar refractivity (Wildman–Crippen MR) is 254 cm³/mol. The van der Waals surface area contributed by atoms with Gasteiger partial charge in [-0.05, 0) is 74.4 Å². The number of rotatable bonds is 16. The van der Waals surface area contributed by atoms with Crippen LogP contribution in [0.15, 0.2) is 71.6 Å². The van der Waals surface area contributed by atoms with Crippen molar-refractivity contribution in [2.24, 2.45) is 5.92 Å². The Kier molecular flexibility index (Phi) is 14.0. The number of nitrogens with one attached hydrogen (secondary N) is 4. The van der Waals surface area contributed by atoms with Crippen LogP contribution < -0.4 is 26.8 Å². The lowest BCUT2D eigenvalue weighted by Gasteiger charge is -2.31. The van der Waals surface area contributed by atoms with Crippen LogP contribution >= 0.6 is 23.5 Å². The van der Waals surface area contributed by atoms with Crippen molar-refractivity contribution in [3.05, 3.63) is 122 Å². The molecule has 5 N–H and O–H groups in total. The highest BCUT2D eigenvalue weighted by atomic mass is 32.2. The molecule has 0 saturated carbocycles. The highest BCUT2D eigenvalue weighted by Gasteiger charge is 2.46. The smallest absolute Gasteiger partial charge is 0.407 e. The lowest BCUT2D eigenvalue weighted by Crippen LogP contribution is -2.54. The number of hydrogen-bond donors (Lipinski definition) is 5. The minimum atomic E-state index is -1.97. The Balaban J connectivity index is 0.780. The number of carbonyl (C=O) groups is 5. The van der Waals surface area contributed by atoms with Gasteiger partial charge < -0.3 is 40.4 Å². The number of pyridine rings is 2. The second-order valence-corrected chi connectivity index (χ2v) is 19.5. The van der Waals surface area contributed by atoms with Crippen molar-refractivity contribution < 1.29 is 42.9 Å². The zero-order valence-electron chi connectivity index (χ0n) is 37.8. The summed E-state index contributed by atoms with van der Waals surface area (Å²) in [5.41, 5.74) is 3.97. The van der Waals surface area contributed by atoms with Crippen LogP contribution in [0.2, 0.25) is 0 Å². The van der Waals surface area contributed by atoms with Crippen LogP contribution in [0.1, 0.15) is 84.9 Å². The lowest BCUT2D eigenvalue weighted by molar-refractivity contribution is -0.172. The van der Waals surface area contributed by atoms with E-state index in [1.807, 2.05) is 24.3 Å². The summed E-state index contributed by atoms with van der Waals surface area (Å²) in [6.07, 6.45) is 7.59. The number of aromatic nitrogens is 2. The highest BCUT2D eigenvalue weighted by molar-refractivity contribution is 8.02. The van der Waals surface area contributed by atoms with Gasteiger partial charge in [-0.3, -0.25) is 19.2 Å². The minimum Gasteiger partial charge on any atom is -0.458 e. The fraction of sp³-hybridized carbons (Fsp3) is 0.408. The largest absolute Gasteiger partial charge is 0.458 e. The fourth-order valence-corrected chi connectivity index (χ4v) is 11.2. The Bertz CT molecular complexity index is 2800. The average Bonchev–Trinajstić information content (AvgIpc) is 3.84. The van der Waals surface area contributed by atoms with E-state index in [1.54, 1.807) is 42.3 Å². The molecule has 2 aromatic heterocycles. The number of aliphatic hydroxyl groups is 1. The summed E-state index contributed by atoms with van der Waals surface area (Å²) in [4.78, 5) is 82.8. The number of allylic oxidation sites excluding steroid dienone is 4. The predicted octanol–water partition coefficient (Wildman–Crippen LogP) is 5.31. The first-order chi connectivity index (χ1) is 32.1. The highest BCUT2D eigenvalue weighted by Crippen LogP contribution is 2.49. The molecule has 4 heterocycles. The van der Waals surface area contributed by atoms with Gasteiger partial charge in [-0.2, -0.15) is 11.8 Å². The summed E-state index contributed by atoms with van der Waals surface area (Å²) in [5, 5.41) is 22.6. The zero-order valence-corrected chi connectivity index (χ0v) is 39.4. The molecular weight excluding hydrogens is 900 g/mol. The van der Waals surface area contributed by atoms with E-state index in [0.29, 0.717) is 39.7 Å². The molecular formula is C49H53FN6O9S2. The lowest BCUT2D eigenvalue weighted by atomic mass is 9.84. The number of carbonyl (C=O) groups excluding carboxylic acids is 5. The van der Waals surface area contributed by atoms with E-state index in [9.17, 15) is 38.3 Å². The molecule has 0 spiro atoms. The summed E-state index contributed by atoms with van der Waals surface area (Å²) in [6.45, 7) is 7.95. The first kappa shape index (κ1) is 47.5. The Morgan fingerprint density at radius 1 is 0.940 bits per heavy atom. The number of thioether (sulfide) groups is 2. The Hall–Kier alpha value is -5.98. The molecule has 0 bridgehead atoms. The van der Waals surface area contributed by atoms with Gasteiger partial charge in [-0.1, -0.05) is 55.5 Å². The molecule has 18 heteroatoms. The zero-order chi connectivity index (χ0) is 47.7. The van der Waals surface area contributed by atoms with E-state index in [-0.39, 0.29) is 66.5 Å². The molecule has 2 aliphatic heterocycles. The van der Waals surface area contributed by atoms with Crippen LogP contribution in [0, 0.1) is 18.7 Å². The molecule has 15 nitrogen and oxygen atoms in total. The van der Waals surface area contributed by atoms with Crippen molar-refractivity contribution in [1.29, 1.82) is 0 Å². The maximum atomic E-state index is 14.9. The van der Waals surface area contributed by atoms with Gasteiger partial charge >= 0.3 is 12.1 Å². The summed E-state index contributed by atoms with van der Waals surface area (Å²) in [7, 11) is 0. The van der Waals surface area contributed by atoms with E-state index in [2.05, 4.69) is 45.6 Å². The number of hydrogen-bond acceptors (Lipinski definition) is 12. The van der Waals surface area contributed by atoms with Crippen LogP contribution in [0.5, 0.6) is 0 Å². The molecule has 8 rings (SSSR count). The second kappa shape index (κ2) is 19.7. The van der Waals surface area contributed by atoms with Gasteiger partial charge in [0.05, 0.1) is 34.9 Å². The Morgan fingerprint density at radius 3 is 2.37 bits per heavy atom. The van der Waals surface area contributed by atoms with Gasteiger partial charge in [-0.25, -0.2) is 19.0 Å². The second-order valence-electron chi connectivity index (χ2n) is 17.3. The molecule has 67 heavy (non-hydrogen) atoms. The molecule has 7 atom stereocenters. The van der Waals surface area contributed by atoms with Gasteiger partial charge in [0, 0.05) is 51.7 Å². The summed E-state index contributed by atoms with van der Waals surface area (Å²) < 4.78 is 27.2. The van der Waals surface area contributed by atoms with Crippen molar-refractivity contribution in [3.63, 3.8) is 0 Å². The monoisotopic (exact) mass is 952 g/mol. The van der Waals surface area contributed by atoms with Gasteiger partial charge in [0.1, 0.15) is 37.2 Å². The third-order valence-electron chi connectivity index (χ3n) is 13.1. The molecule has 0 radical (unpaired) electrons. The normalized spacial score (nSPS) is 20.9. The number of alkyl carbamates (subject to hydrolysis) is 1. The number of esters is 1. The molecule has 352 valence electrons. The fourth-order valence-electron chi connectivity index (χ4n) is 9.23. The van der Waals surface area contributed by atoms with E-state index >= 15 is 0 Å². The van der Waals surface area contributed by atoms with Crippen LogP contribution in [0.4, 0.5) is 9.18 Å². The molecule has 0 saturated heterocycles. The number of amides is 4. The van der Waals surface area contributed by atoms with Gasteiger partial charge in [0.2, 0.25) is 17.7 Å². The molecule has 4 aliphatic rings. The SMILES string of the molecule is CC[C@@]1(O)C(=O)OCc2c1cc1n(c2=O)Cc2c-1nc1cc(F)c(C)cc1c2CSCCSCNC(=O)[C@H](C)NC(=O)[C@H](C)NC(=O)[C@H](C)NC(=O)OCC1c2ccccc2C2C=CC=CC21. The molecule has 2 aliphatic carbocycles. The minimum absolute atomic E-state index is 0.0137. The summed E-state index contributed by atoms with van der Waals surface area (Å²) in [5.74, 6) is -0.303. The number of cyclic esters (lactones) is 1. The third-order valence-corrected chi connectivity index (χ3v) is 15.2. The maximum Gasteiger partial charge on any atom is 0.407 e. The summed E-state index contributed by atoms with van der Waals surface area (Å²) >= 11 is 3.12. The van der Waals surface area contributed by atoms with E-state index < -0.39 is 59.3 Å². The van der Waals surface area contributed by atoms with Crippen molar-refractivity contribution in [1.82, 2.24) is 30.8 Å². The first-order valence-electron chi connectivity index (χ1n) is 22.3. The standard InChI is InChI=1S/C49H53FN6O9S2/c1-6-49(63)38-18-41-42-34(20-56(41)46(60)36(38)22-64-47(49)61)37(33-17-25(2)39(50)19-40(33)55-42)23-66-15-16-67-24-51-43(57)26(3)52-44(58)27(4)53-45(59)28(5)54-48(62)65-21-35-31-13-9-7-11-29(31)30-12-8-10-14-32(30)35/h7-14,17-19,26-29,31,35,63H,6,15-16,20-24H2,1-5H3,(H,51,57)(H,52,58)(H,53,59)(H,54,62)/t26-,27-,28-,29?,31?,35?,49-/m0/s1. The van der Waals surface area contributed by atoms with Gasteiger partial charge in [0.15, 0.2) is 5.60 Å². The van der Waals surface area contributed by atoms with Crippen LogP contribution in [-0.2, 0) is 53.2 Å². The maximum absolute atomic E-state index is 14.9. The number of nitrogens with zero attached hydrogens (tertiary/aromatic N) is 2. The number of fused-ring (bicyclic) bond motifs is 8. The van der Waals surface area contributed by atoms with E-state index in [0.717, 1.165) is 22.1 Å². The molecule has 3 unspecified atom stereocenters. The third kappa shape index (κ3) is 9.35. The summed E-state index contributed by atoms with van der Waals surface area (Å²) in [6, 6.07) is 10.0. The van der Waals surface area contributed by atoms with Gasteiger partial charge in [-0.15, -0.1) is 11.8 Å². The number of halogens is 1. The van der Waals surface area contributed by atoms with Crippen LogP contribution in [0.3, 0.4) is 0 Å². The molecule has 0 fully saturated rings. The molecule has 4 amide bonds. The molecule has 2 aromatic carbocycles. The first-order valence-corrected chi connectivity index (χ1v) is 24.6. The van der Waals surface area contributed by atoms with Crippen LogP contribution in [0.25, 0.3) is 22.3 Å². The Morgan fingerprint density at radius 2 is 1.63 bits per heavy atom. The number of aryl methyl sites for hydroxylation is 1. The quantitative estimate of drug-likeness (QED) is 0.0485. The molecule has 4 aromatic rings. The number of benzene rings is 2. The van der Waals surface area contributed by atoms with Gasteiger partial charge in [0.25, 0.3) is 5.56 Å². The Labute approximate surface area is 395 Å². The topological polar surface area (TPSA) is 207 Å². The van der Waals surface area contributed by atoms with Crippen LogP contribution in [-0.4, -0.2) is 86.6 Å². The van der Waals surface area contributed by atoms with Crippen molar-refractivity contribution in [2.75, 3.05) is 24.0 Å². The van der Waals surface area contributed by atoms with Crippen molar-refractivity contribution in [2.45, 2.75) is 95.5 Å².